The minimum absolute atomic E-state index is 0.195. The second kappa shape index (κ2) is 10.2. The van der Waals surface area contributed by atoms with Crippen molar-refractivity contribution in [3.63, 3.8) is 0 Å². The van der Waals surface area contributed by atoms with Gasteiger partial charge in [-0.2, -0.15) is 0 Å². The summed E-state index contributed by atoms with van der Waals surface area (Å²) in [6.45, 7) is 2.52. The lowest BCUT2D eigenvalue weighted by molar-refractivity contribution is -0.143. The molecule has 19 heavy (non-hydrogen) atoms. The van der Waals surface area contributed by atoms with Gasteiger partial charge in [0, 0.05) is 6.42 Å². The maximum absolute atomic E-state index is 11.4. The average Bonchev–Trinajstić information content (AvgIpc) is 2.45. The summed E-state index contributed by atoms with van der Waals surface area (Å²) in [5.41, 5.74) is 1.00. The van der Waals surface area contributed by atoms with E-state index >= 15 is 0 Å². The zero-order valence-electron chi connectivity index (χ0n) is 11.7. The predicted molar refractivity (Wildman–Crippen MR) is 77.4 cm³/mol. The summed E-state index contributed by atoms with van der Waals surface area (Å²) in [6, 6.07) is 9.67. The van der Waals surface area contributed by atoms with E-state index in [1.54, 1.807) is 0 Å². The molecule has 0 radical (unpaired) electrons. The summed E-state index contributed by atoms with van der Waals surface area (Å²) in [4.78, 5) is 11.4. The molecule has 0 saturated carbocycles. The summed E-state index contributed by atoms with van der Waals surface area (Å²) < 4.78 is 5.13. The molecule has 0 aromatic heterocycles. The lowest BCUT2D eigenvalue weighted by Gasteiger charge is -2.01. The van der Waals surface area contributed by atoms with Crippen molar-refractivity contribution in [1.29, 1.82) is 0 Å². The van der Waals surface area contributed by atoms with Crippen LogP contribution in [0.3, 0.4) is 0 Å². The predicted octanol–water partition coefficient (Wildman–Crippen LogP) is 4.09. The number of carbonyl (C=O) groups is 1. The number of benzene rings is 1. The van der Waals surface area contributed by atoms with Crippen LogP contribution in [-0.4, -0.2) is 5.97 Å². The Bertz CT molecular complexity index is 412. The maximum atomic E-state index is 11.4. The van der Waals surface area contributed by atoms with Gasteiger partial charge in [0.2, 0.25) is 0 Å². The Morgan fingerprint density at radius 1 is 1.11 bits per heavy atom. The quantitative estimate of drug-likeness (QED) is 0.418. The van der Waals surface area contributed by atoms with Crippen LogP contribution in [0.5, 0.6) is 0 Å². The van der Waals surface area contributed by atoms with Gasteiger partial charge in [0.15, 0.2) is 0 Å². The molecule has 0 unspecified atom stereocenters. The highest BCUT2D eigenvalue weighted by Gasteiger charge is 2.00. The number of hydrogen-bond donors (Lipinski definition) is 0. The fourth-order valence-corrected chi connectivity index (χ4v) is 1.65. The van der Waals surface area contributed by atoms with Gasteiger partial charge >= 0.3 is 5.97 Å². The Balaban J connectivity index is 2.09. The van der Waals surface area contributed by atoms with Crippen LogP contribution in [0.4, 0.5) is 0 Å². The van der Waals surface area contributed by atoms with E-state index in [2.05, 4.69) is 18.8 Å². The largest absolute Gasteiger partial charge is 0.460 e. The molecule has 0 fully saturated rings. The normalized spacial score (nSPS) is 9.53. The highest BCUT2D eigenvalue weighted by molar-refractivity contribution is 5.72. The third kappa shape index (κ3) is 8.05. The van der Waals surface area contributed by atoms with Gasteiger partial charge in [0.25, 0.3) is 0 Å². The first-order chi connectivity index (χ1) is 9.33. The van der Waals surface area contributed by atoms with Crippen molar-refractivity contribution in [3.8, 4) is 11.8 Å². The van der Waals surface area contributed by atoms with E-state index in [4.69, 9.17) is 4.74 Å². The van der Waals surface area contributed by atoms with Crippen LogP contribution < -0.4 is 0 Å². The molecule has 1 aromatic rings. The number of esters is 1. The van der Waals surface area contributed by atoms with Gasteiger partial charge in [-0.15, -0.1) is 5.92 Å². The van der Waals surface area contributed by atoms with Crippen LogP contribution >= 0.6 is 0 Å². The number of hydrogen-bond acceptors (Lipinski definition) is 2. The first-order valence-electron chi connectivity index (χ1n) is 6.98. The molecule has 1 aromatic carbocycles. The van der Waals surface area contributed by atoms with Crippen molar-refractivity contribution in [3.05, 3.63) is 35.9 Å². The van der Waals surface area contributed by atoms with E-state index in [0.717, 1.165) is 18.4 Å². The molecule has 0 saturated heterocycles. The first kappa shape index (κ1) is 15.3. The van der Waals surface area contributed by atoms with Gasteiger partial charge in [0.05, 0.1) is 0 Å². The highest BCUT2D eigenvalue weighted by atomic mass is 16.5. The standard InChI is InChI=1S/C17H22O2/c1-2-3-4-5-6-7-11-14-17(18)19-15-16-12-9-8-10-13-16/h8-10,12-13H,2-6,14-15H2,1H3. The zero-order chi connectivity index (χ0) is 13.8. The maximum Gasteiger partial charge on any atom is 0.318 e. The third-order valence-corrected chi connectivity index (χ3v) is 2.76. The molecule has 0 bridgehead atoms. The smallest absolute Gasteiger partial charge is 0.318 e. The Kier molecular flexibility index (Phi) is 8.22. The summed E-state index contributed by atoms with van der Waals surface area (Å²) in [6.07, 6.45) is 5.93. The summed E-state index contributed by atoms with van der Waals surface area (Å²) in [5, 5.41) is 0. The van der Waals surface area contributed by atoms with Gasteiger partial charge in [-0.25, -0.2) is 0 Å². The van der Waals surface area contributed by atoms with E-state index in [0.29, 0.717) is 6.61 Å². The molecule has 102 valence electrons. The molecule has 2 nitrogen and oxygen atoms in total. The molecule has 1 rings (SSSR count). The van der Waals surface area contributed by atoms with Gasteiger partial charge in [-0.05, 0) is 12.0 Å². The summed E-state index contributed by atoms with van der Waals surface area (Å²) in [5.74, 6) is 5.65. The average molecular weight is 258 g/mol. The van der Waals surface area contributed by atoms with Gasteiger partial charge in [0.1, 0.15) is 13.0 Å². The van der Waals surface area contributed by atoms with Gasteiger partial charge < -0.3 is 4.74 Å². The van der Waals surface area contributed by atoms with Crippen molar-refractivity contribution in [2.24, 2.45) is 0 Å². The Hall–Kier alpha value is -1.75. The molecule has 0 aliphatic carbocycles. The molecule has 2 heteroatoms. The Morgan fingerprint density at radius 3 is 2.63 bits per heavy atom. The number of unbranched alkanes of at least 4 members (excludes halogenated alkanes) is 4. The van der Waals surface area contributed by atoms with Gasteiger partial charge in [-0.3, -0.25) is 4.79 Å². The van der Waals surface area contributed by atoms with Crippen LogP contribution in [0.2, 0.25) is 0 Å². The molecule has 0 amide bonds. The molecule has 0 N–H and O–H groups in total. The topological polar surface area (TPSA) is 26.3 Å². The fourth-order valence-electron chi connectivity index (χ4n) is 1.65. The molecule has 0 heterocycles. The molecular weight excluding hydrogens is 236 g/mol. The molecule has 0 aliphatic heterocycles. The van der Waals surface area contributed by atoms with Crippen molar-refractivity contribution in [2.75, 3.05) is 0 Å². The SMILES string of the molecule is CCCCCCC#CCC(=O)OCc1ccccc1. The van der Waals surface area contributed by atoms with Crippen molar-refractivity contribution >= 4 is 5.97 Å². The number of carbonyl (C=O) groups excluding carboxylic acids is 1. The summed E-state index contributed by atoms with van der Waals surface area (Å²) in [7, 11) is 0. The van der Waals surface area contributed by atoms with Crippen LogP contribution in [-0.2, 0) is 16.1 Å². The van der Waals surface area contributed by atoms with Gasteiger partial charge in [-0.1, -0.05) is 62.4 Å². The third-order valence-electron chi connectivity index (χ3n) is 2.76. The minimum Gasteiger partial charge on any atom is -0.460 e. The van der Waals surface area contributed by atoms with Crippen molar-refractivity contribution < 1.29 is 9.53 Å². The van der Waals surface area contributed by atoms with E-state index < -0.39 is 0 Å². The highest BCUT2D eigenvalue weighted by Crippen LogP contribution is 2.02. The van der Waals surface area contributed by atoms with E-state index in [9.17, 15) is 4.79 Å². The van der Waals surface area contributed by atoms with Crippen molar-refractivity contribution in [1.82, 2.24) is 0 Å². The Morgan fingerprint density at radius 2 is 1.89 bits per heavy atom. The Labute approximate surface area is 116 Å². The van der Waals surface area contributed by atoms with Crippen LogP contribution in [0.1, 0.15) is 51.0 Å². The molecular formula is C17H22O2. The van der Waals surface area contributed by atoms with Crippen LogP contribution in [0.15, 0.2) is 30.3 Å². The lowest BCUT2D eigenvalue weighted by atomic mass is 10.1. The first-order valence-corrected chi connectivity index (χ1v) is 6.98. The molecule has 0 aliphatic rings. The zero-order valence-corrected chi connectivity index (χ0v) is 11.7. The molecule has 0 atom stereocenters. The monoisotopic (exact) mass is 258 g/mol. The number of ether oxygens (including phenoxy) is 1. The van der Waals surface area contributed by atoms with Crippen LogP contribution in [0, 0.1) is 11.8 Å². The van der Waals surface area contributed by atoms with Crippen molar-refractivity contribution in [2.45, 2.75) is 52.1 Å². The fraction of sp³-hybridized carbons (Fsp3) is 0.471. The summed E-state index contributed by atoms with van der Waals surface area (Å²) >= 11 is 0. The van der Waals surface area contributed by atoms with E-state index in [1.165, 1.54) is 19.3 Å². The second-order valence-electron chi connectivity index (χ2n) is 4.49. The molecule has 0 spiro atoms. The minimum atomic E-state index is -0.245. The van der Waals surface area contributed by atoms with E-state index in [1.807, 2.05) is 30.3 Å². The lowest BCUT2D eigenvalue weighted by Crippen LogP contribution is -2.02. The second-order valence-corrected chi connectivity index (χ2v) is 4.49. The number of rotatable bonds is 7. The van der Waals surface area contributed by atoms with E-state index in [-0.39, 0.29) is 12.4 Å². The van der Waals surface area contributed by atoms with Crippen LogP contribution in [0.25, 0.3) is 0 Å².